The molecule has 26 heavy (non-hydrogen) atoms. The summed E-state index contributed by atoms with van der Waals surface area (Å²) in [6.45, 7) is 4.15. The van der Waals surface area contributed by atoms with Gasteiger partial charge in [0.15, 0.2) is 0 Å². The highest BCUT2D eigenvalue weighted by Crippen LogP contribution is 2.24. The maximum atomic E-state index is 12.3. The number of benzene rings is 1. The molecule has 0 spiro atoms. The van der Waals surface area contributed by atoms with Crippen molar-refractivity contribution in [1.29, 1.82) is 0 Å². The number of piperidine rings is 1. The summed E-state index contributed by atoms with van der Waals surface area (Å²) in [6, 6.07) is 8.13. The Hall–Kier alpha value is -2.25. The zero-order chi connectivity index (χ0) is 18.6. The Balaban J connectivity index is 1.50. The standard InChI is InChI=1S/C19H27N5O2/c1-15-4-6-16(7-5-15)11-20-18(25)12-24-9-3-8-19(26,13-24)10-17-22-21-14-23(17)2/h4-7,14,26H,3,8-13H2,1-2H3,(H,20,25). The van der Waals surface area contributed by atoms with Crippen molar-refractivity contribution in [2.24, 2.45) is 7.05 Å². The number of β-amino-alcohol motifs (C(OH)–C–C–N with tert-alkyl or cyclic N) is 1. The van der Waals surface area contributed by atoms with E-state index in [1.54, 1.807) is 6.33 Å². The van der Waals surface area contributed by atoms with Crippen molar-refractivity contribution in [3.05, 3.63) is 47.5 Å². The average Bonchev–Trinajstić information content (AvgIpc) is 2.98. The van der Waals surface area contributed by atoms with Crippen LogP contribution in [-0.4, -0.2) is 55.9 Å². The molecular formula is C19H27N5O2. The smallest absolute Gasteiger partial charge is 0.234 e. The highest BCUT2D eigenvalue weighted by molar-refractivity contribution is 5.78. The van der Waals surface area contributed by atoms with Gasteiger partial charge in [-0.1, -0.05) is 29.8 Å². The van der Waals surface area contributed by atoms with E-state index in [2.05, 4.69) is 15.5 Å². The van der Waals surface area contributed by atoms with Crippen LogP contribution in [-0.2, 0) is 24.8 Å². The van der Waals surface area contributed by atoms with Crippen LogP contribution in [0.25, 0.3) is 0 Å². The first-order valence-electron chi connectivity index (χ1n) is 9.03. The monoisotopic (exact) mass is 357 g/mol. The van der Waals surface area contributed by atoms with Crippen LogP contribution in [0.4, 0.5) is 0 Å². The molecule has 7 nitrogen and oxygen atoms in total. The molecule has 0 radical (unpaired) electrons. The Morgan fingerprint density at radius 3 is 2.81 bits per heavy atom. The van der Waals surface area contributed by atoms with E-state index < -0.39 is 5.60 Å². The van der Waals surface area contributed by atoms with E-state index in [-0.39, 0.29) is 5.91 Å². The molecule has 1 saturated heterocycles. The van der Waals surface area contributed by atoms with Gasteiger partial charge in [-0.3, -0.25) is 9.69 Å². The number of carbonyl (C=O) groups excluding carboxylic acids is 1. The summed E-state index contributed by atoms with van der Waals surface area (Å²) in [6.07, 6.45) is 3.66. The van der Waals surface area contributed by atoms with Crippen LogP contribution in [0.3, 0.4) is 0 Å². The van der Waals surface area contributed by atoms with E-state index in [1.807, 2.05) is 47.7 Å². The minimum atomic E-state index is -0.865. The molecule has 1 aromatic carbocycles. The third-order valence-corrected chi connectivity index (χ3v) is 4.90. The normalized spacial score (nSPS) is 20.9. The SMILES string of the molecule is Cc1ccc(CNC(=O)CN2CCCC(O)(Cc3nncn3C)C2)cc1. The molecule has 0 bridgehead atoms. The topological polar surface area (TPSA) is 83.3 Å². The summed E-state index contributed by atoms with van der Waals surface area (Å²) >= 11 is 0. The Morgan fingerprint density at radius 1 is 1.35 bits per heavy atom. The number of carbonyl (C=O) groups is 1. The molecule has 0 saturated carbocycles. The lowest BCUT2D eigenvalue weighted by Crippen LogP contribution is -2.52. The second-order valence-electron chi connectivity index (χ2n) is 7.34. The van der Waals surface area contributed by atoms with E-state index in [4.69, 9.17) is 0 Å². The van der Waals surface area contributed by atoms with E-state index >= 15 is 0 Å². The van der Waals surface area contributed by atoms with Gasteiger partial charge >= 0.3 is 0 Å². The first-order chi connectivity index (χ1) is 12.4. The van der Waals surface area contributed by atoms with Gasteiger partial charge in [-0.05, 0) is 31.9 Å². The molecule has 2 aromatic rings. The van der Waals surface area contributed by atoms with E-state index in [0.29, 0.717) is 32.5 Å². The van der Waals surface area contributed by atoms with Crippen LogP contribution in [0.1, 0.15) is 29.8 Å². The fraction of sp³-hybridized carbons (Fsp3) is 0.526. The van der Waals surface area contributed by atoms with Gasteiger partial charge in [-0.15, -0.1) is 10.2 Å². The fourth-order valence-electron chi connectivity index (χ4n) is 3.41. The van der Waals surface area contributed by atoms with Gasteiger partial charge in [-0.2, -0.15) is 0 Å². The molecule has 2 N–H and O–H groups in total. The summed E-state index contributed by atoms with van der Waals surface area (Å²) in [7, 11) is 1.87. The Bertz CT molecular complexity index is 743. The molecule has 2 heterocycles. The molecule has 1 amide bonds. The molecule has 1 aliphatic heterocycles. The van der Waals surface area contributed by atoms with Gasteiger partial charge in [-0.25, -0.2) is 0 Å². The maximum Gasteiger partial charge on any atom is 0.234 e. The summed E-state index contributed by atoms with van der Waals surface area (Å²) in [5, 5.41) is 21.8. The van der Waals surface area contributed by atoms with E-state index in [0.717, 1.165) is 24.4 Å². The Kier molecular flexibility index (Phi) is 5.68. The van der Waals surface area contributed by atoms with Crippen molar-refractivity contribution in [3.8, 4) is 0 Å². The minimum Gasteiger partial charge on any atom is -0.388 e. The van der Waals surface area contributed by atoms with Gasteiger partial charge in [0.05, 0.1) is 12.1 Å². The van der Waals surface area contributed by atoms with Crippen LogP contribution in [0, 0.1) is 6.92 Å². The third kappa shape index (κ3) is 4.89. The number of hydrogen-bond donors (Lipinski definition) is 2. The largest absolute Gasteiger partial charge is 0.388 e. The zero-order valence-corrected chi connectivity index (χ0v) is 15.5. The number of hydrogen-bond acceptors (Lipinski definition) is 5. The lowest BCUT2D eigenvalue weighted by molar-refractivity contribution is -0.124. The minimum absolute atomic E-state index is 0.0199. The molecule has 1 unspecified atom stereocenters. The number of nitrogens with one attached hydrogen (secondary N) is 1. The number of aromatic nitrogens is 3. The van der Waals surface area contributed by atoms with E-state index in [1.165, 1.54) is 5.56 Å². The van der Waals surface area contributed by atoms with Gasteiger partial charge in [0.2, 0.25) is 5.91 Å². The lowest BCUT2D eigenvalue weighted by atomic mass is 9.89. The number of nitrogens with zero attached hydrogens (tertiary/aromatic N) is 4. The molecule has 140 valence electrons. The second-order valence-corrected chi connectivity index (χ2v) is 7.34. The van der Waals surface area contributed by atoms with Crippen LogP contribution < -0.4 is 5.32 Å². The molecule has 0 aliphatic carbocycles. The molecule has 3 rings (SSSR count). The summed E-state index contributed by atoms with van der Waals surface area (Å²) in [4.78, 5) is 14.3. The maximum absolute atomic E-state index is 12.3. The summed E-state index contributed by atoms with van der Waals surface area (Å²) < 4.78 is 1.82. The number of aliphatic hydroxyl groups is 1. The fourth-order valence-corrected chi connectivity index (χ4v) is 3.41. The van der Waals surface area contributed by atoms with Crippen LogP contribution in [0.15, 0.2) is 30.6 Å². The molecule has 1 atom stereocenters. The van der Waals surface area contributed by atoms with Crippen LogP contribution in [0.5, 0.6) is 0 Å². The van der Waals surface area contributed by atoms with Crippen molar-refractivity contribution < 1.29 is 9.90 Å². The predicted octanol–water partition coefficient (Wildman–Crippen LogP) is 0.809. The Morgan fingerprint density at radius 2 is 2.12 bits per heavy atom. The average molecular weight is 357 g/mol. The number of amides is 1. The van der Waals surface area contributed by atoms with Gasteiger partial charge in [0.25, 0.3) is 0 Å². The van der Waals surface area contributed by atoms with Crippen LogP contribution >= 0.6 is 0 Å². The highest BCUT2D eigenvalue weighted by atomic mass is 16.3. The summed E-state index contributed by atoms with van der Waals surface area (Å²) in [5.41, 5.74) is 1.42. The molecule has 1 aromatic heterocycles. The van der Waals surface area contributed by atoms with Crippen molar-refractivity contribution in [2.45, 2.75) is 38.3 Å². The number of rotatable bonds is 6. The van der Waals surface area contributed by atoms with Gasteiger partial charge in [0, 0.05) is 26.6 Å². The first-order valence-corrected chi connectivity index (χ1v) is 9.03. The Labute approximate surface area is 154 Å². The lowest BCUT2D eigenvalue weighted by Gasteiger charge is -2.38. The summed E-state index contributed by atoms with van der Waals surface area (Å²) in [5.74, 6) is 0.742. The van der Waals surface area contributed by atoms with Crippen molar-refractivity contribution >= 4 is 5.91 Å². The first kappa shape index (κ1) is 18.5. The van der Waals surface area contributed by atoms with Gasteiger partial charge < -0.3 is 15.0 Å². The van der Waals surface area contributed by atoms with Crippen molar-refractivity contribution in [3.63, 3.8) is 0 Å². The predicted molar refractivity (Wildman–Crippen MR) is 98.4 cm³/mol. The third-order valence-electron chi connectivity index (χ3n) is 4.90. The van der Waals surface area contributed by atoms with Gasteiger partial charge in [0.1, 0.15) is 12.2 Å². The zero-order valence-electron chi connectivity index (χ0n) is 15.5. The number of aryl methyl sites for hydroxylation is 2. The molecule has 7 heteroatoms. The molecule has 1 aliphatic rings. The van der Waals surface area contributed by atoms with Crippen molar-refractivity contribution in [2.75, 3.05) is 19.6 Å². The second kappa shape index (κ2) is 7.97. The quantitative estimate of drug-likeness (QED) is 0.799. The van der Waals surface area contributed by atoms with E-state index in [9.17, 15) is 9.90 Å². The molecular weight excluding hydrogens is 330 g/mol. The molecule has 1 fully saturated rings. The van der Waals surface area contributed by atoms with Crippen LogP contribution in [0.2, 0.25) is 0 Å². The van der Waals surface area contributed by atoms with Crippen molar-refractivity contribution in [1.82, 2.24) is 25.0 Å². The highest BCUT2D eigenvalue weighted by Gasteiger charge is 2.35. The number of likely N-dealkylation sites (tertiary alicyclic amines) is 1.